The predicted molar refractivity (Wildman–Crippen MR) is 68.6 cm³/mol. The molecule has 0 amide bonds. The van der Waals surface area contributed by atoms with Crippen LogP contribution in [0.15, 0.2) is 41.3 Å². The first-order valence-corrected chi connectivity index (χ1v) is 7.06. The first-order chi connectivity index (χ1) is 8.42. The third-order valence-electron chi connectivity index (χ3n) is 2.48. The van der Waals surface area contributed by atoms with Crippen LogP contribution in [0.2, 0.25) is 5.02 Å². The molecule has 0 aliphatic heterocycles. The van der Waals surface area contributed by atoms with Gasteiger partial charge in [0.15, 0.2) is 15.6 Å². The zero-order chi connectivity index (χ0) is 13.3. The van der Waals surface area contributed by atoms with Crippen molar-refractivity contribution in [3.63, 3.8) is 0 Å². The van der Waals surface area contributed by atoms with Gasteiger partial charge in [-0.2, -0.15) is 0 Å². The van der Waals surface area contributed by atoms with Crippen LogP contribution in [0, 0.1) is 0 Å². The van der Waals surface area contributed by atoms with Crippen LogP contribution in [0.25, 0.3) is 10.8 Å². The van der Waals surface area contributed by atoms with Gasteiger partial charge in [0.1, 0.15) is 0 Å². The zero-order valence-corrected chi connectivity index (χ0v) is 10.7. The summed E-state index contributed by atoms with van der Waals surface area (Å²) in [5.74, 6) is -2.37. The standard InChI is InChI=1S/C12H9ClO4S/c13-12-9-4-2-1-3-8(9)5-6-10(12)18(16,17)7-11(14)15/h1-6H,7H2,(H,14,15). The molecular weight excluding hydrogens is 276 g/mol. The Morgan fingerprint density at radius 2 is 1.83 bits per heavy atom. The number of hydrogen-bond donors (Lipinski definition) is 1. The molecule has 2 aromatic rings. The fourth-order valence-electron chi connectivity index (χ4n) is 1.69. The highest BCUT2D eigenvalue weighted by molar-refractivity contribution is 7.92. The fraction of sp³-hybridized carbons (Fsp3) is 0.0833. The van der Waals surface area contributed by atoms with Gasteiger partial charge in [-0.05, 0) is 11.5 Å². The van der Waals surface area contributed by atoms with Crippen LogP contribution in [0.1, 0.15) is 0 Å². The van der Waals surface area contributed by atoms with Crippen LogP contribution in [0.3, 0.4) is 0 Å². The van der Waals surface area contributed by atoms with E-state index in [1.165, 1.54) is 6.07 Å². The van der Waals surface area contributed by atoms with Crippen molar-refractivity contribution >= 4 is 38.2 Å². The molecule has 0 saturated heterocycles. The van der Waals surface area contributed by atoms with Gasteiger partial charge in [0.25, 0.3) is 0 Å². The van der Waals surface area contributed by atoms with Crippen molar-refractivity contribution in [2.24, 2.45) is 0 Å². The second-order valence-electron chi connectivity index (χ2n) is 3.75. The molecule has 0 radical (unpaired) electrons. The maximum atomic E-state index is 11.8. The smallest absolute Gasteiger partial charge is 0.319 e. The van der Waals surface area contributed by atoms with Gasteiger partial charge >= 0.3 is 5.97 Å². The molecule has 0 aromatic heterocycles. The SMILES string of the molecule is O=C(O)CS(=O)(=O)c1ccc2ccccc2c1Cl. The van der Waals surface area contributed by atoms with Gasteiger partial charge in [0.05, 0.1) is 9.92 Å². The highest BCUT2D eigenvalue weighted by atomic mass is 35.5. The molecule has 1 N–H and O–H groups in total. The summed E-state index contributed by atoms with van der Waals surface area (Å²) in [6.07, 6.45) is 0. The van der Waals surface area contributed by atoms with E-state index >= 15 is 0 Å². The Balaban J connectivity index is 2.66. The summed E-state index contributed by atoms with van der Waals surface area (Å²) in [7, 11) is -3.91. The van der Waals surface area contributed by atoms with Crippen LogP contribution in [-0.4, -0.2) is 25.2 Å². The number of carboxylic acids is 1. The molecule has 0 heterocycles. The molecule has 0 bridgehead atoms. The van der Waals surface area contributed by atoms with Gasteiger partial charge in [-0.3, -0.25) is 4.79 Å². The number of sulfone groups is 1. The second-order valence-corrected chi connectivity index (χ2v) is 6.09. The van der Waals surface area contributed by atoms with E-state index in [1.807, 2.05) is 6.07 Å². The van der Waals surface area contributed by atoms with E-state index < -0.39 is 21.6 Å². The topological polar surface area (TPSA) is 71.4 Å². The maximum absolute atomic E-state index is 11.8. The quantitative estimate of drug-likeness (QED) is 0.939. The molecule has 2 aromatic carbocycles. The van der Waals surface area contributed by atoms with E-state index in [9.17, 15) is 13.2 Å². The summed E-state index contributed by atoms with van der Waals surface area (Å²) in [5.41, 5.74) is 0. The van der Waals surface area contributed by atoms with Gasteiger partial charge in [0, 0.05) is 5.39 Å². The lowest BCUT2D eigenvalue weighted by Crippen LogP contribution is -2.15. The Kier molecular flexibility index (Phi) is 3.28. The van der Waals surface area contributed by atoms with Gasteiger partial charge in [-0.25, -0.2) is 8.42 Å². The van der Waals surface area contributed by atoms with Crippen molar-refractivity contribution in [3.8, 4) is 0 Å². The molecule has 0 aliphatic rings. The molecule has 0 unspecified atom stereocenters. The highest BCUT2D eigenvalue weighted by Crippen LogP contribution is 2.30. The maximum Gasteiger partial charge on any atom is 0.319 e. The first kappa shape index (κ1) is 12.9. The van der Waals surface area contributed by atoms with E-state index in [2.05, 4.69) is 0 Å². The van der Waals surface area contributed by atoms with Crippen molar-refractivity contribution in [1.82, 2.24) is 0 Å². The average Bonchev–Trinajstić information content (AvgIpc) is 2.27. The minimum Gasteiger partial charge on any atom is -0.480 e. The lowest BCUT2D eigenvalue weighted by molar-refractivity contribution is -0.134. The Morgan fingerprint density at radius 3 is 2.50 bits per heavy atom. The summed E-state index contributed by atoms with van der Waals surface area (Å²) in [6.45, 7) is 0. The van der Waals surface area contributed by atoms with Crippen LogP contribution >= 0.6 is 11.6 Å². The van der Waals surface area contributed by atoms with E-state index in [4.69, 9.17) is 16.7 Å². The van der Waals surface area contributed by atoms with Crippen LogP contribution in [0.4, 0.5) is 0 Å². The number of halogens is 1. The monoisotopic (exact) mass is 284 g/mol. The number of benzene rings is 2. The summed E-state index contributed by atoms with van der Waals surface area (Å²) in [4.78, 5) is 10.4. The van der Waals surface area contributed by atoms with Gasteiger partial charge < -0.3 is 5.11 Å². The molecule has 0 aliphatic carbocycles. The number of carboxylic acid groups (broad SMARTS) is 1. The largest absolute Gasteiger partial charge is 0.480 e. The second kappa shape index (κ2) is 4.59. The van der Waals surface area contributed by atoms with Crippen molar-refractivity contribution < 1.29 is 18.3 Å². The van der Waals surface area contributed by atoms with Gasteiger partial charge in [-0.1, -0.05) is 41.9 Å². The summed E-state index contributed by atoms with van der Waals surface area (Å²) in [5, 5.41) is 10.0. The molecule has 94 valence electrons. The molecule has 18 heavy (non-hydrogen) atoms. The summed E-state index contributed by atoms with van der Waals surface area (Å²) in [6, 6.07) is 9.98. The predicted octanol–water partition coefficient (Wildman–Crippen LogP) is 2.35. The number of aliphatic carboxylic acids is 1. The van der Waals surface area contributed by atoms with E-state index in [0.717, 1.165) is 5.39 Å². The Morgan fingerprint density at radius 1 is 1.17 bits per heavy atom. The van der Waals surface area contributed by atoms with Crippen LogP contribution in [-0.2, 0) is 14.6 Å². The lowest BCUT2D eigenvalue weighted by Gasteiger charge is -2.07. The van der Waals surface area contributed by atoms with Crippen molar-refractivity contribution in [1.29, 1.82) is 0 Å². The summed E-state index contributed by atoms with van der Waals surface area (Å²) < 4.78 is 23.7. The fourth-order valence-corrected chi connectivity index (χ4v) is 3.42. The molecular formula is C12H9ClO4S. The number of hydrogen-bond acceptors (Lipinski definition) is 3. The van der Waals surface area contributed by atoms with Crippen LogP contribution < -0.4 is 0 Å². The minimum absolute atomic E-state index is 0.0642. The molecule has 2 rings (SSSR count). The number of fused-ring (bicyclic) bond motifs is 1. The van der Waals surface area contributed by atoms with Crippen molar-refractivity contribution in [2.75, 3.05) is 5.75 Å². The molecule has 0 atom stereocenters. The minimum atomic E-state index is -3.91. The normalized spacial score (nSPS) is 11.6. The first-order valence-electron chi connectivity index (χ1n) is 5.03. The lowest BCUT2D eigenvalue weighted by atomic mass is 10.1. The van der Waals surface area contributed by atoms with Gasteiger partial charge in [-0.15, -0.1) is 0 Å². The average molecular weight is 285 g/mol. The number of carbonyl (C=O) groups is 1. The summed E-state index contributed by atoms with van der Waals surface area (Å²) >= 11 is 6.04. The zero-order valence-electron chi connectivity index (χ0n) is 9.13. The van der Waals surface area contributed by atoms with Gasteiger partial charge in [0.2, 0.25) is 0 Å². The van der Waals surface area contributed by atoms with Crippen molar-refractivity contribution in [3.05, 3.63) is 41.4 Å². The Hall–Kier alpha value is -1.59. The molecule has 0 saturated carbocycles. The van der Waals surface area contributed by atoms with E-state index in [0.29, 0.717) is 5.39 Å². The molecule has 6 heteroatoms. The number of rotatable bonds is 3. The third kappa shape index (κ3) is 2.32. The Bertz CT molecular complexity index is 722. The molecule has 0 fully saturated rings. The van der Waals surface area contributed by atoms with E-state index in [1.54, 1.807) is 24.3 Å². The Labute approximate surface area is 109 Å². The highest BCUT2D eigenvalue weighted by Gasteiger charge is 2.22. The third-order valence-corrected chi connectivity index (χ3v) is 4.63. The van der Waals surface area contributed by atoms with Crippen LogP contribution in [0.5, 0.6) is 0 Å². The molecule has 4 nitrogen and oxygen atoms in total. The van der Waals surface area contributed by atoms with Crippen molar-refractivity contribution in [2.45, 2.75) is 4.90 Å². The molecule has 0 spiro atoms. The van der Waals surface area contributed by atoms with E-state index in [-0.39, 0.29) is 9.92 Å².